The first-order chi connectivity index (χ1) is 13.5. The monoisotopic (exact) mass is 432 g/mol. The molecular formula is C17H19F3N4O4S. The molecule has 0 spiro atoms. The molecule has 0 saturated heterocycles. The molecule has 4 N–H and O–H groups in total. The lowest BCUT2D eigenvalue weighted by Gasteiger charge is -2.28. The van der Waals surface area contributed by atoms with E-state index in [4.69, 9.17) is 9.88 Å². The molecule has 1 aromatic carbocycles. The van der Waals surface area contributed by atoms with Crippen molar-refractivity contribution in [1.29, 1.82) is 0 Å². The molecule has 12 heteroatoms. The Kier molecular flexibility index (Phi) is 5.96. The van der Waals surface area contributed by atoms with Gasteiger partial charge in [0, 0.05) is 11.9 Å². The van der Waals surface area contributed by atoms with E-state index in [2.05, 4.69) is 15.3 Å². The summed E-state index contributed by atoms with van der Waals surface area (Å²) in [5.41, 5.74) is -0.814. The number of aromatic nitrogens is 2. The highest BCUT2D eigenvalue weighted by Gasteiger charge is 2.38. The smallest absolute Gasteiger partial charge is 0.423 e. The Hall–Kier alpha value is -2.44. The fourth-order valence-electron chi connectivity index (χ4n) is 2.93. The minimum Gasteiger partial charge on any atom is -0.471 e. The van der Waals surface area contributed by atoms with Gasteiger partial charge in [-0.1, -0.05) is 6.42 Å². The molecule has 0 amide bonds. The zero-order valence-electron chi connectivity index (χ0n) is 15.1. The molecule has 0 radical (unpaired) electrons. The van der Waals surface area contributed by atoms with E-state index in [1.165, 1.54) is 24.3 Å². The van der Waals surface area contributed by atoms with Crippen molar-refractivity contribution < 1.29 is 31.4 Å². The molecule has 1 fully saturated rings. The lowest BCUT2D eigenvalue weighted by Crippen LogP contribution is -2.35. The molecule has 158 valence electrons. The van der Waals surface area contributed by atoms with Crippen LogP contribution in [0.5, 0.6) is 5.88 Å². The second-order valence-corrected chi connectivity index (χ2v) is 8.17. The van der Waals surface area contributed by atoms with Crippen LogP contribution in [-0.2, 0) is 16.2 Å². The number of nitrogens with two attached hydrogens (primary N) is 1. The van der Waals surface area contributed by atoms with E-state index in [1.54, 1.807) is 0 Å². The van der Waals surface area contributed by atoms with Crippen molar-refractivity contribution >= 4 is 21.7 Å². The first-order valence-corrected chi connectivity index (χ1v) is 10.3. The number of benzene rings is 1. The summed E-state index contributed by atoms with van der Waals surface area (Å²) in [5, 5.41) is 17.7. The summed E-state index contributed by atoms with van der Waals surface area (Å²) in [6.07, 6.45) is -3.43. The molecule has 1 aliphatic carbocycles. The number of halogens is 3. The van der Waals surface area contributed by atoms with Crippen LogP contribution >= 0.6 is 0 Å². The molecule has 3 rings (SSSR count). The second kappa shape index (κ2) is 8.13. The van der Waals surface area contributed by atoms with Crippen molar-refractivity contribution in [3.63, 3.8) is 0 Å². The maximum Gasteiger partial charge on any atom is 0.423 e. The summed E-state index contributed by atoms with van der Waals surface area (Å²) >= 11 is 0. The van der Waals surface area contributed by atoms with Gasteiger partial charge in [0.05, 0.1) is 11.0 Å². The van der Waals surface area contributed by atoms with Crippen molar-refractivity contribution in [3.8, 4) is 5.88 Å². The topological polar surface area (TPSA) is 127 Å². The van der Waals surface area contributed by atoms with E-state index in [-0.39, 0.29) is 10.8 Å². The van der Waals surface area contributed by atoms with Crippen LogP contribution in [0.2, 0.25) is 0 Å². The summed E-state index contributed by atoms with van der Waals surface area (Å²) in [4.78, 5) is 7.35. The fraction of sp³-hybridized carbons (Fsp3) is 0.412. The van der Waals surface area contributed by atoms with Gasteiger partial charge in [-0.05, 0) is 43.5 Å². The quantitative estimate of drug-likeness (QED) is 0.663. The molecule has 0 unspecified atom stereocenters. The summed E-state index contributed by atoms with van der Waals surface area (Å²) in [5.74, 6) is -0.858. The number of alkyl halides is 3. The van der Waals surface area contributed by atoms with Crippen molar-refractivity contribution in [2.24, 2.45) is 5.14 Å². The predicted octanol–water partition coefficient (Wildman–Crippen LogP) is 2.57. The maximum atomic E-state index is 13.3. The number of aliphatic hydroxyl groups excluding tert-OH is 1. The largest absolute Gasteiger partial charge is 0.471 e. The summed E-state index contributed by atoms with van der Waals surface area (Å²) in [7, 11) is -3.87. The summed E-state index contributed by atoms with van der Waals surface area (Å²) in [6, 6.07) is 5.20. The van der Waals surface area contributed by atoms with Gasteiger partial charge in [0.25, 0.3) is 0 Å². The van der Waals surface area contributed by atoms with Crippen LogP contribution in [0.1, 0.15) is 31.2 Å². The lowest BCUT2D eigenvalue weighted by atomic mass is 9.95. The van der Waals surface area contributed by atoms with E-state index in [0.717, 1.165) is 12.8 Å². The van der Waals surface area contributed by atoms with Gasteiger partial charge in [0.1, 0.15) is 11.7 Å². The van der Waals surface area contributed by atoms with Gasteiger partial charge in [-0.25, -0.2) is 18.5 Å². The standard InChI is InChI=1S/C17H19F3N4O4S/c18-17(19,20)12-9-22-16(23-10-5-7-11(8-6-10)29(21,26)27)24-15(12)28-14-4-2-1-3-13(14)25/h5-9,13-14,25H,1-4H2,(H2,21,26,27)(H,22,23,24)/t13-,14+/m1/s1. The molecular weight excluding hydrogens is 413 g/mol. The van der Waals surface area contributed by atoms with Gasteiger partial charge in [-0.3, -0.25) is 0 Å². The van der Waals surface area contributed by atoms with Crippen LogP contribution in [-0.4, -0.2) is 35.7 Å². The number of ether oxygens (including phenoxy) is 1. The lowest BCUT2D eigenvalue weighted by molar-refractivity contribution is -0.140. The Morgan fingerprint density at radius 2 is 1.83 bits per heavy atom. The van der Waals surface area contributed by atoms with Crippen molar-refractivity contribution in [1.82, 2.24) is 9.97 Å². The number of anilines is 2. The number of nitrogens with zero attached hydrogens (tertiary/aromatic N) is 2. The number of hydrogen-bond donors (Lipinski definition) is 3. The van der Waals surface area contributed by atoms with Crippen molar-refractivity contribution in [3.05, 3.63) is 36.0 Å². The molecule has 0 bridgehead atoms. The second-order valence-electron chi connectivity index (χ2n) is 6.61. The Balaban J connectivity index is 1.86. The van der Waals surface area contributed by atoms with Gasteiger partial charge in [-0.2, -0.15) is 18.2 Å². The Morgan fingerprint density at radius 3 is 2.41 bits per heavy atom. The van der Waals surface area contributed by atoms with Gasteiger partial charge in [0.2, 0.25) is 21.9 Å². The minimum atomic E-state index is -4.73. The first-order valence-electron chi connectivity index (χ1n) is 8.73. The molecule has 2 aromatic rings. The normalized spacial score (nSPS) is 20.3. The van der Waals surface area contributed by atoms with E-state index < -0.39 is 39.9 Å². The average Bonchev–Trinajstić information content (AvgIpc) is 2.62. The van der Waals surface area contributed by atoms with Gasteiger partial charge < -0.3 is 15.2 Å². The number of hydrogen-bond acceptors (Lipinski definition) is 7. The number of sulfonamides is 1. The summed E-state index contributed by atoms with van der Waals surface area (Å²) < 4.78 is 67.9. The SMILES string of the molecule is NS(=O)(=O)c1ccc(Nc2ncc(C(F)(F)F)c(O[C@H]3CCCC[C@H]3O)n2)cc1. The zero-order valence-corrected chi connectivity index (χ0v) is 15.9. The maximum absolute atomic E-state index is 13.3. The Bertz CT molecular complexity index is 968. The molecule has 29 heavy (non-hydrogen) atoms. The van der Waals surface area contributed by atoms with Crippen LogP contribution in [0.4, 0.5) is 24.8 Å². The molecule has 8 nitrogen and oxygen atoms in total. The highest BCUT2D eigenvalue weighted by Crippen LogP contribution is 2.37. The van der Waals surface area contributed by atoms with E-state index >= 15 is 0 Å². The van der Waals surface area contributed by atoms with Crippen LogP contribution in [0.25, 0.3) is 0 Å². The van der Waals surface area contributed by atoms with E-state index in [0.29, 0.717) is 24.7 Å². The number of rotatable bonds is 5. The highest BCUT2D eigenvalue weighted by atomic mass is 32.2. The predicted molar refractivity (Wildman–Crippen MR) is 97.0 cm³/mol. The third-order valence-corrected chi connectivity index (χ3v) is 5.36. The minimum absolute atomic E-state index is 0.119. The van der Waals surface area contributed by atoms with Crippen LogP contribution in [0, 0.1) is 0 Å². The first kappa shape index (κ1) is 21.3. The van der Waals surface area contributed by atoms with Crippen LogP contribution < -0.4 is 15.2 Å². The van der Waals surface area contributed by atoms with Crippen molar-refractivity contribution in [2.75, 3.05) is 5.32 Å². The number of nitrogens with one attached hydrogen (secondary N) is 1. The van der Waals surface area contributed by atoms with Crippen LogP contribution in [0.3, 0.4) is 0 Å². The average molecular weight is 432 g/mol. The van der Waals surface area contributed by atoms with Gasteiger partial charge >= 0.3 is 6.18 Å². The third kappa shape index (κ3) is 5.34. The Morgan fingerprint density at radius 1 is 1.17 bits per heavy atom. The van der Waals surface area contributed by atoms with Gasteiger partial charge in [-0.15, -0.1) is 0 Å². The van der Waals surface area contributed by atoms with E-state index in [1.807, 2.05) is 0 Å². The van der Waals surface area contributed by atoms with Crippen LogP contribution in [0.15, 0.2) is 35.4 Å². The molecule has 1 aromatic heterocycles. The highest BCUT2D eigenvalue weighted by molar-refractivity contribution is 7.89. The summed E-state index contributed by atoms with van der Waals surface area (Å²) in [6.45, 7) is 0. The Labute approximate surface area is 165 Å². The third-order valence-electron chi connectivity index (χ3n) is 4.43. The number of primary sulfonamides is 1. The van der Waals surface area contributed by atoms with E-state index in [9.17, 15) is 26.7 Å². The molecule has 1 aliphatic rings. The zero-order chi connectivity index (χ0) is 21.2. The molecule has 0 aliphatic heterocycles. The fourth-order valence-corrected chi connectivity index (χ4v) is 3.44. The molecule has 1 heterocycles. The molecule has 2 atom stereocenters. The molecule has 1 saturated carbocycles. The van der Waals surface area contributed by atoms with Gasteiger partial charge in [0.15, 0.2) is 0 Å². The van der Waals surface area contributed by atoms with Crippen molar-refractivity contribution in [2.45, 2.75) is 49.0 Å². The number of aliphatic hydroxyl groups is 1.